The highest BCUT2D eigenvalue weighted by Gasteiger charge is 2.12. The van der Waals surface area contributed by atoms with Crippen LogP contribution in [0.5, 0.6) is 5.75 Å². The molecule has 0 bridgehead atoms. The molecule has 0 atom stereocenters. The molecule has 1 aromatic heterocycles. The van der Waals surface area contributed by atoms with Crippen LogP contribution in [0, 0.1) is 6.92 Å². The summed E-state index contributed by atoms with van der Waals surface area (Å²) < 4.78 is 11.6. The smallest absolute Gasteiger partial charge is 0.311 e. The van der Waals surface area contributed by atoms with Crippen LogP contribution >= 0.6 is 15.9 Å². The Balaban J connectivity index is 2.53. The van der Waals surface area contributed by atoms with E-state index >= 15 is 0 Å². The number of carbonyl (C=O) groups excluding carboxylic acids is 1. The molecular weight excluding hydrogens is 272 g/mol. The van der Waals surface area contributed by atoms with Gasteiger partial charge in [0.2, 0.25) is 0 Å². The van der Waals surface area contributed by atoms with Gasteiger partial charge in [-0.15, -0.1) is 0 Å². The van der Waals surface area contributed by atoms with Crippen LogP contribution < -0.4 is 4.74 Å². The molecule has 0 aliphatic heterocycles. The third kappa shape index (κ3) is 1.97. The summed E-state index contributed by atoms with van der Waals surface area (Å²) in [4.78, 5) is 11.2. The fourth-order valence-corrected chi connectivity index (χ4v) is 1.89. The molecule has 16 heavy (non-hydrogen) atoms. The first-order valence-corrected chi connectivity index (χ1v) is 5.80. The second-order valence-corrected chi connectivity index (χ2v) is 4.33. The van der Waals surface area contributed by atoms with Gasteiger partial charge in [0.1, 0.15) is 5.76 Å². The molecule has 1 aromatic carbocycles. The summed E-state index contributed by atoms with van der Waals surface area (Å²) in [6.07, 6.45) is 0.344. The zero-order valence-corrected chi connectivity index (χ0v) is 10.6. The van der Waals surface area contributed by atoms with Crippen molar-refractivity contribution >= 4 is 32.9 Å². The number of carbonyl (C=O) groups is 1. The van der Waals surface area contributed by atoms with E-state index in [-0.39, 0.29) is 5.97 Å². The number of aryl methyl sites for hydroxylation is 1. The summed E-state index contributed by atoms with van der Waals surface area (Å²) in [5, 5.41) is 0.916. The summed E-state index contributed by atoms with van der Waals surface area (Å²) in [6.45, 7) is 3.61. The molecule has 84 valence electrons. The normalized spacial score (nSPS) is 10.7. The number of benzene rings is 1. The van der Waals surface area contributed by atoms with Gasteiger partial charge in [-0.25, -0.2) is 0 Å². The molecule has 0 aliphatic rings. The molecule has 0 spiro atoms. The van der Waals surface area contributed by atoms with Crippen LogP contribution in [0.1, 0.15) is 19.1 Å². The maximum atomic E-state index is 11.2. The van der Waals surface area contributed by atoms with E-state index in [1.807, 2.05) is 19.1 Å². The molecule has 4 heteroatoms. The summed E-state index contributed by atoms with van der Waals surface area (Å²) in [5.74, 6) is 0.992. The van der Waals surface area contributed by atoms with Gasteiger partial charge in [0, 0.05) is 16.3 Å². The van der Waals surface area contributed by atoms with Gasteiger partial charge in [0.25, 0.3) is 0 Å². The van der Waals surface area contributed by atoms with E-state index in [1.54, 1.807) is 13.0 Å². The Morgan fingerprint density at radius 3 is 2.94 bits per heavy atom. The van der Waals surface area contributed by atoms with Crippen LogP contribution in [0.4, 0.5) is 0 Å². The van der Waals surface area contributed by atoms with E-state index in [2.05, 4.69) is 15.9 Å². The molecule has 0 unspecified atom stereocenters. The van der Waals surface area contributed by atoms with Gasteiger partial charge in [-0.1, -0.05) is 22.9 Å². The minimum atomic E-state index is -0.266. The Labute approximate surface area is 102 Å². The quantitative estimate of drug-likeness (QED) is 0.621. The summed E-state index contributed by atoms with van der Waals surface area (Å²) in [5.41, 5.74) is 0.605. The lowest BCUT2D eigenvalue weighted by molar-refractivity contribution is -0.133. The van der Waals surface area contributed by atoms with E-state index in [0.717, 1.165) is 15.6 Å². The number of rotatable bonds is 2. The number of furan rings is 1. The Kier molecular flexibility index (Phi) is 3.01. The van der Waals surface area contributed by atoms with Gasteiger partial charge < -0.3 is 9.15 Å². The van der Waals surface area contributed by atoms with Crippen LogP contribution in [0.3, 0.4) is 0 Å². The number of hydrogen-bond donors (Lipinski definition) is 0. The minimum absolute atomic E-state index is 0.266. The van der Waals surface area contributed by atoms with Gasteiger partial charge in [0.15, 0.2) is 11.3 Å². The van der Waals surface area contributed by atoms with Gasteiger partial charge in [-0.3, -0.25) is 4.79 Å². The molecule has 0 aliphatic carbocycles. The van der Waals surface area contributed by atoms with Crippen LogP contribution in [0.2, 0.25) is 0 Å². The van der Waals surface area contributed by atoms with Crippen molar-refractivity contribution in [1.82, 2.24) is 0 Å². The standard InChI is InChI=1S/C12H11BrO3/c1-3-11(14)16-10-5-4-9(13)8-6-7(2)15-12(8)10/h4-6H,3H2,1-2H3. The SMILES string of the molecule is CCC(=O)Oc1ccc(Br)c2cc(C)oc12. The topological polar surface area (TPSA) is 39.4 Å². The molecule has 0 N–H and O–H groups in total. The first-order valence-electron chi connectivity index (χ1n) is 5.01. The monoisotopic (exact) mass is 282 g/mol. The van der Waals surface area contributed by atoms with E-state index in [0.29, 0.717) is 17.8 Å². The number of ether oxygens (including phenoxy) is 1. The highest BCUT2D eigenvalue weighted by Crippen LogP contribution is 2.34. The van der Waals surface area contributed by atoms with Crippen LogP contribution in [0.25, 0.3) is 11.0 Å². The van der Waals surface area contributed by atoms with E-state index in [4.69, 9.17) is 9.15 Å². The maximum Gasteiger partial charge on any atom is 0.311 e. The highest BCUT2D eigenvalue weighted by atomic mass is 79.9. The van der Waals surface area contributed by atoms with Crippen molar-refractivity contribution in [1.29, 1.82) is 0 Å². The largest absolute Gasteiger partial charge is 0.457 e. The van der Waals surface area contributed by atoms with Crippen LogP contribution in [-0.2, 0) is 4.79 Å². The van der Waals surface area contributed by atoms with Crippen molar-refractivity contribution in [2.75, 3.05) is 0 Å². The van der Waals surface area contributed by atoms with E-state index in [9.17, 15) is 4.79 Å². The van der Waals surface area contributed by atoms with Crippen LogP contribution in [0.15, 0.2) is 27.1 Å². The van der Waals surface area contributed by atoms with Crippen molar-refractivity contribution in [3.05, 3.63) is 28.4 Å². The van der Waals surface area contributed by atoms with Gasteiger partial charge >= 0.3 is 5.97 Å². The van der Waals surface area contributed by atoms with Gasteiger partial charge in [0.05, 0.1) is 0 Å². The number of halogens is 1. The zero-order chi connectivity index (χ0) is 11.7. The Bertz CT molecular complexity index is 542. The predicted molar refractivity (Wildman–Crippen MR) is 64.6 cm³/mol. The molecule has 0 saturated carbocycles. The Morgan fingerprint density at radius 2 is 2.25 bits per heavy atom. The molecule has 0 amide bonds. The lowest BCUT2D eigenvalue weighted by atomic mass is 10.2. The second-order valence-electron chi connectivity index (χ2n) is 3.47. The zero-order valence-electron chi connectivity index (χ0n) is 9.04. The second kappa shape index (κ2) is 4.29. The molecule has 0 saturated heterocycles. The van der Waals surface area contributed by atoms with Crippen molar-refractivity contribution in [3.8, 4) is 5.75 Å². The average molecular weight is 283 g/mol. The van der Waals surface area contributed by atoms with Crippen LogP contribution in [-0.4, -0.2) is 5.97 Å². The fourth-order valence-electron chi connectivity index (χ4n) is 1.46. The third-order valence-electron chi connectivity index (χ3n) is 2.23. The van der Waals surface area contributed by atoms with Gasteiger partial charge in [-0.2, -0.15) is 0 Å². The van der Waals surface area contributed by atoms with Crippen molar-refractivity contribution < 1.29 is 13.9 Å². The van der Waals surface area contributed by atoms with Crippen molar-refractivity contribution in [2.45, 2.75) is 20.3 Å². The molecule has 2 rings (SSSR count). The van der Waals surface area contributed by atoms with Gasteiger partial charge in [-0.05, 0) is 25.1 Å². The molecule has 0 fully saturated rings. The predicted octanol–water partition coefficient (Wildman–Crippen LogP) is 3.82. The van der Waals surface area contributed by atoms with Crippen molar-refractivity contribution in [2.24, 2.45) is 0 Å². The maximum absolute atomic E-state index is 11.2. The molecule has 2 aromatic rings. The molecule has 0 radical (unpaired) electrons. The Hall–Kier alpha value is -1.29. The molecule has 1 heterocycles. The minimum Gasteiger partial charge on any atom is -0.457 e. The van der Waals surface area contributed by atoms with E-state index < -0.39 is 0 Å². The Morgan fingerprint density at radius 1 is 1.50 bits per heavy atom. The van der Waals surface area contributed by atoms with Crippen molar-refractivity contribution in [3.63, 3.8) is 0 Å². The first kappa shape index (κ1) is 11.2. The third-order valence-corrected chi connectivity index (χ3v) is 2.92. The molecular formula is C12H11BrO3. The highest BCUT2D eigenvalue weighted by molar-refractivity contribution is 9.10. The summed E-state index contributed by atoms with van der Waals surface area (Å²) in [7, 11) is 0. The number of esters is 1. The number of fused-ring (bicyclic) bond motifs is 1. The molecule has 3 nitrogen and oxygen atoms in total. The summed E-state index contributed by atoms with van der Waals surface area (Å²) >= 11 is 3.43. The van der Waals surface area contributed by atoms with E-state index in [1.165, 1.54) is 0 Å². The fraction of sp³-hybridized carbons (Fsp3) is 0.250. The lowest BCUT2D eigenvalue weighted by Gasteiger charge is -2.03. The average Bonchev–Trinajstić information content (AvgIpc) is 2.65. The number of hydrogen-bond acceptors (Lipinski definition) is 3. The summed E-state index contributed by atoms with van der Waals surface area (Å²) in [6, 6.07) is 5.47. The first-order chi connectivity index (χ1) is 7.61. The lowest BCUT2D eigenvalue weighted by Crippen LogP contribution is -2.05.